The molecule has 1 heterocycles. The fraction of sp³-hybridized carbons (Fsp3) is 0.167. The largest absolute Gasteiger partial charge is 0.432 e. The van der Waals surface area contributed by atoms with E-state index in [9.17, 15) is 28.1 Å². The molecule has 0 saturated heterocycles. The Hall–Kier alpha value is -3.11. The number of nitrogens with one attached hydrogen (secondary N) is 1. The van der Waals surface area contributed by atoms with Crippen LogP contribution in [0.25, 0.3) is 0 Å². The summed E-state index contributed by atoms with van der Waals surface area (Å²) in [6.07, 6.45) is 1.98. The molecule has 23 heavy (non-hydrogen) atoms. The van der Waals surface area contributed by atoms with Crippen LogP contribution in [0.2, 0.25) is 0 Å². The van der Waals surface area contributed by atoms with Gasteiger partial charge in [-0.25, -0.2) is 4.39 Å². The molecular weight excluding hydrogens is 321 g/mol. The first-order valence-corrected chi connectivity index (χ1v) is 6.06. The van der Waals surface area contributed by atoms with E-state index in [1.54, 1.807) is 0 Å². The van der Waals surface area contributed by atoms with Crippen molar-refractivity contribution in [2.75, 3.05) is 5.32 Å². The van der Waals surface area contributed by atoms with Gasteiger partial charge in [0, 0.05) is 6.07 Å². The summed E-state index contributed by atoms with van der Waals surface area (Å²) >= 11 is 0. The third kappa shape index (κ3) is 4.43. The lowest BCUT2D eigenvalue weighted by Crippen LogP contribution is -2.20. The van der Waals surface area contributed by atoms with Gasteiger partial charge in [-0.05, 0) is 12.1 Å². The Bertz CT molecular complexity index is 735. The maximum Gasteiger partial charge on any atom is 0.387 e. The van der Waals surface area contributed by atoms with Gasteiger partial charge in [-0.2, -0.15) is 13.9 Å². The highest BCUT2D eigenvalue weighted by atomic mass is 19.3. The predicted octanol–water partition coefficient (Wildman–Crippen LogP) is 2.17. The Kier molecular flexibility index (Phi) is 4.79. The van der Waals surface area contributed by atoms with Crippen molar-refractivity contribution in [3.63, 3.8) is 0 Å². The van der Waals surface area contributed by atoms with Crippen LogP contribution in [-0.2, 0) is 11.3 Å². The number of aromatic nitrogens is 2. The molecular formula is C12H9F3N4O4. The molecule has 8 nitrogen and oxygen atoms in total. The normalized spacial score (nSPS) is 10.6. The van der Waals surface area contributed by atoms with Gasteiger partial charge in [0.25, 0.3) is 0 Å². The Morgan fingerprint density at radius 2 is 2.22 bits per heavy atom. The predicted molar refractivity (Wildman–Crippen MR) is 70.5 cm³/mol. The highest BCUT2D eigenvalue weighted by Crippen LogP contribution is 2.27. The van der Waals surface area contributed by atoms with Crippen molar-refractivity contribution in [2.45, 2.75) is 13.2 Å². The van der Waals surface area contributed by atoms with Gasteiger partial charge >= 0.3 is 12.3 Å². The first-order valence-electron chi connectivity index (χ1n) is 6.06. The summed E-state index contributed by atoms with van der Waals surface area (Å²) in [5, 5.41) is 16.3. The van der Waals surface area contributed by atoms with Gasteiger partial charge in [0.15, 0.2) is 5.75 Å². The van der Waals surface area contributed by atoms with Crippen LogP contribution in [0.3, 0.4) is 0 Å². The van der Waals surface area contributed by atoms with Crippen LogP contribution < -0.4 is 10.1 Å². The molecule has 0 unspecified atom stereocenters. The molecule has 1 N–H and O–H groups in total. The molecule has 0 radical (unpaired) electrons. The topological polar surface area (TPSA) is 99.3 Å². The standard InChI is InChI=1S/C12H9F3N4O4/c13-7-1-2-9(10(3-7)23-12(14)15)17-11(20)6-18-5-8(4-16-18)19(21)22/h1-5,12H,6H2,(H,17,20). The highest BCUT2D eigenvalue weighted by Gasteiger charge is 2.15. The number of nitrogens with zero attached hydrogens (tertiary/aromatic N) is 3. The van der Waals surface area contributed by atoms with E-state index in [4.69, 9.17) is 0 Å². The minimum Gasteiger partial charge on any atom is -0.432 e. The van der Waals surface area contributed by atoms with Crippen LogP contribution in [0.5, 0.6) is 5.75 Å². The van der Waals surface area contributed by atoms with Crippen molar-refractivity contribution >= 4 is 17.3 Å². The van der Waals surface area contributed by atoms with E-state index in [1.165, 1.54) is 0 Å². The zero-order valence-corrected chi connectivity index (χ0v) is 11.3. The number of amides is 1. The molecule has 0 aliphatic heterocycles. The molecule has 1 aromatic carbocycles. The number of anilines is 1. The van der Waals surface area contributed by atoms with E-state index in [-0.39, 0.29) is 11.4 Å². The van der Waals surface area contributed by atoms with E-state index in [0.717, 1.165) is 29.2 Å². The van der Waals surface area contributed by atoms with Gasteiger partial charge < -0.3 is 10.1 Å². The summed E-state index contributed by atoms with van der Waals surface area (Å²) in [7, 11) is 0. The van der Waals surface area contributed by atoms with Crippen molar-refractivity contribution in [3.8, 4) is 5.75 Å². The second kappa shape index (κ2) is 6.77. The maximum absolute atomic E-state index is 13.0. The Labute approximate surface area is 126 Å². The monoisotopic (exact) mass is 330 g/mol. The lowest BCUT2D eigenvalue weighted by molar-refractivity contribution is -0.385. The van der Waals surface area contributed by atoms with Crippen LogP contribution in [0.4, 0.5) is 24.5 Å². The minimum atomic E-state index is -3.19. The SMILES string of the molecule is O=C(Cn1cc([N+](=O)[O-])cn1)Nc1ccc(F)cc1OC(F)F. The average molecular weight is 330 g/mol. The Morgan fingerprint density at radius 1 is 1.48 bits per heavy atom. The fourth-order valence-electron chi connectivity index (χ4n) is 1.66. The highest BCUT2D eigenvalue weighted by molar-refractivity contribution is 5.92. The molecule has 1 aromatic heterocycles. The molecule has 2 aromatic rings. The maximum atomic E-state index is 13.0. The van der Waals surface area contributed by atoms with Crippen molar-refractivity contribution < 1.29 is 27.6 Å². The van der Waals surface area contributed by atoms with E-state index in [1.807, 2.05) is 0 Å². The summed E-state index contributed by atoms with van der Waals surface area (Å²) in [5.41, 5.74) is -0.473. The second-order valence-corrected chi connectivity index (χ2v) is 4.22. The van der Waals surface area contributed by atoms with Gasteiger partial charge in [0.05, 0.1) is 10.6 Å². The van der Waals surface area contributed by atoms with Gasteiger partial charge in [0.1, 0.15) is 24.8 Å². The number of nitro groups is 1. The lowest BCUT2D eigenvalue weighted by Gasteiger charge is -2.12. The summed E-state index contributed by atoms with van der Waals surface area (Å²) < 4.78 is 42.7. The van der Waals surface area contributed by atoms with E-state index in [0.29, 0.717) is 6.07 Å². The third-order valence-electron chi connectivity index (χ3n) is 2.57. The fourth-order valence-corrected chi connectivity index (χ4v) is 1.66. The molecule has 2 rings (SSSR count). The molecule has 0 bridgehead atoms. The van der Waals surface area contributed by atoms with Crippen molar-refractivity contribution in [2.24, 2.45) is 0 Å². The number of halogens is 3. The van der Waals surface area contributed by atoms with Crippen molar-refractivity contribution in [1.29, 1.82) is 0 Å². The Balaban J connectivity index is 2.08. The van der Waals surface area contributed by atoms with Crippen LogP contribution >= 0.6 is 0 Å². The van der Waals surface area contributed by atoms with Crippen LogP contribution in [-0.4, -0.2) is 27.2 Å². The van der Waals surface area contributed by atoms with E-state index >= 15 is 0 Å². The number of carbonyl (C=O) groups is 1. The number of ether oxygens (including phenoxy) is 1. The summed E-state index contributed by atoms with van der Waals surface area (Å²) in [4.78, 5) is 21.6. The molecule has 0 aliphatic rings. The molecule has 11 heteroatoms. The van der Waals surface area contributed by atoms with Gasteiger partial charge in [-0.15, -0.1) is 0 Å². The molecule has 0 spiro atoms. The zero-order chi connectivity index (χ0) is 17.0. The zero-order valence-electron chi connectivity index (χ0n) is 11.3. The first kappa shape index (κ1) is 16.3. The number of rotatable bonds is 6. The molecule has 122 valence electrons. The molecule has 1 amide bonds. The van der Waals surface area contributed by atoms with Gasteiger partial charge in [-0.1, -0.05) is 0 Å². The third-order valence-corrected chi connectivity index (χ3v) is 2.57. The van der Waals surface area contributed by atoms with Crippen molar-refractivity contribution in [1.82, 2.24) is 9.78 Å². The molecule has 0 aliphatic carbocycles. The number of benzene rings is 1. The summed E-state index contributed by atoms with van der Waals surface area (Å²) in [6.45, 7) is -3.60. The van der Waals surface area contributed by atoms with Gasteiger partial charge in [0.2, 0.25) is 5.91 Å². The van der Waals surface area contributed by atoms with Crippen LogP contribution in [0.1, 0.15) is 0 Å². The summed E-state index contributed by atoms with van der Waals surface area (Å²) in [5.74, 6) is -2.07. The molecule has 0 atom stereocenters. The smallest absolute Gasteiger partial charge is 0.387 e. The summed E-state index contributed by atoms with van der Waals surface area (Å²) in [6, 6.07) is 2.70. The first-order chi connectivity index (χ1) is 10.8. The lowest BCUT2D eigenvalue weighted by atomic mass is 10.3. The molecule has 0 fully saturated rings. The second-order valence-electron chi connectivity index (χ2n) is 4.22. The number of hydrogen-bond acceptors (Lipinski definition) is 5. The van der Waals surface area contributed by atoms with Crippen LogP contribution in [0.15, 0.2) is 30.6 Å². The average Bonchev–Trinajstić information content (AvgIpc) is 2.90. The van der Waals surface area contributed by atoms with E-state index < -0.39 is 35.6 Å². The molecule has 0 saturated carbocycles. The Morgan fingerprint density at radius 3 is 2.83 bits per heavy atom. The van der Waals surface area contributed by atoms with Crippen LogP contribution in [0, 0.1) is 15.9 Å². The number of hydrogen-bond donors (Lipinski definition) is 1. The number of carbonyl (C=O) groups excluding carboxylic acids is 1. The minimum absolute atomic E-state index is 0.168. The van der Waals surface area contributed by atoms with Crippen molar-refractivity contribution in [3.05, 3.63) is 46.5 Å². The quantitative estimate of drug-likeness (QED) is 0.646. The van der Waals surface area contributed by atoms with Gasteiger partial charge in [-0.3, -0.25) is 19.6 Å². The number of alkyl halides is 2. The van der Waals surface area contributed by atoms with E-state index in [2.05, 4.69) is 15.2 Å².